The zero-order valence-corrected chi connectivity index (χ0v) is 22.0. The summed E-state index contributed by atoms with van der Waals surface area (Å²) in [5.41, 5.74) is 3.49. The SMILES string of the molecule is COc1ccc(C(=O)I)cc1CN1CCN(C(=O)c2ccc(NC(=O)Nc3ccccc3)cc2)CC1. The summed E-state index contributed by atoms with van der Waals surface area (Å²) in [6.07, 6.45) is 0. The van der Waals surface area contributed by atoms with Crippen molar-refractivity contribution in [3.63, 3.8) is 0 Å². The first-order valence-electron chi connectivity index (χ1n) is 11.5. The van der Waals surface area contributed by atoms with E-state index in [0.717, 1.165) is 24.4 Å². The molecule has 2 N–H and O–H groups in total. The van der Waals surface area contributed by atoms with Crippen LogP contribution in [-0.4, -0.2) is 58.8 Å². The first-order valence-corrected chi connectivity index (χ1v) is 12.6. The molecule has 0 radical (unpaired) electrons. The average molecular weight is 598 g/mol. The molecule has 3 aromatic rings. The van der Waals surface area contributed by atoms with Crippen molar-refractivity contribution in [2.24, 2.45) is 0 Å². The molecule has 1 saturated heterocycles. The van der Waals surface area contributed by atoms with Crippen molar-refractivity contribution in [2.45, 2.75) is 6.54 Å². The highest BCUT2D eigenvalue weighted by atomic mass is 127. The van der Waals surface area contributed by atoms with Crippen LogP contribution in [0.1, 0.15) is 26.3 Å². The van der Waals surface area contributed by atoms with Gasteiger partial charge in [-0.05, 0) is 54.6 Å². The molecule has 1 heterocycles. The lowest BCUT2D eigenvalue weighted by atomic mass is 10.1. The van der Waals surface area contributed by atoms with Crippen molar-refractivity contribution < 1.29 is 19.1 Å². The molecule has 186 valence electrons. The van der Waals surface area contributed by atoms with Crippen LogP contribution >= 0.6 is 22.6 Å². The smallest absolute Gasteiger partial charge is 0.323 e. The van der Waals surface area contributed by atoms with E-state index in [1.54, 1.807) is 72.2 Å². The number of benzene rings is 3. The molecule has 36 heavy (non-hydrogen) atoms. The number of carbonyl (C=O) groups is 3. The summed E-state index contributed by atoms with van der Waals surface area (Å²) in [4.78, 5) is 41.0. The molecule has 0 aromatic heterocycles. The van der Waals surface area contributed by atoms with Crippen molar-refractivity contribution in [3.05, 3.63) is 89.5 Å². The number of hydrogen-bond donors (Lipinski definition) is 2. The molecule has 9 heteroatoms. The lowest BCUT2D eigenvalue weighted by molar-refractivity contribution is 0.0627. The van der Waals surface area contributed by atoms with E-state index < -0.39 is 0 Å². The number of halogens is 1. The van der Waals surface area contributed by atoms with Crippen LogP contribution in [0.25, 0.3) is 0 Å². The molecule has 0 aliphatic carbocycles. The largest absolute Gasteiger partial charge is 0.496 e. The number of methoxy groups -OCH3 is 1. The molecular weight excluding hydrogens is 571 g/mol. The van der Waals surface area contributed by atoms with E-state index >= 15 is 0 Å². The van der Waals surface area contributed by atoms with E-state index in [0.29, 0.717) is 42.1 Å². The van der Waals surface area contributed by atoms with E-state index in [1.165, 1.54) is 0 Å². The van der Waals surface area contributed by atoms with Gasteiger partial charge in [0.15, 0.2) is 0 Å². The maximum atomic E-state index is 13.0. The predicted octanol–water partition coefficient (Wildman–Crippen LogP) is 4.87. The maximum Gasteiger partial charge on any atom is 0.323 e. The molecular formula is C27H27IN4O4. The fraction of sp³-hybridized carbons (Fsp3) is 0.222. The van der Waals surface area contributed by atoms with Gasteiger partial charge >= 0.3 is 6.03 Å². The summed E-state index contributed by atoms with van der Waals surface area (Å²) in [6, 6.07) is 21.2. The Kier molecular flexibility index (Phi) is 8.55. The Hall–Kier alpha value is -3.44. The predicted molar refractivity (Wildman–Crippen MR) is 148 cm³/mol. The average Bonchev–Trinajstić information content (AvgIpc) is 2.89. The Bertz CT molecular complexity index is 1230. The number of hydrogen-bond acceptors (Lipinski definition) is 5. The number of nitrogens with zero attached hydrogens (tertiary/aromatic N) is 2. The molecule has 1 fully saturated rings. The Balaban J connectivity index is 1.30. The Morgan fingerprint density at radius 3 is 2.06 bits per heavy atom. The summed E-state index contributed by atoms with van der Waals surface area (Å²) < 4.78 is 5.46. The van der Waals surface area contributed by atoms with Crippen LogP contribution in [0.2, 0.25) is 0 Å². The maximum absolute atomic E-state index is 13.0. The normalized spacial score (nSPS) is 13.7. The number of urea groups is 1. The fourth-order valence-corrected chi connectivity index (χ4v) is 4.40. The molecule has 4 rings (SSSR count). The minimum absolute atomic E-state index is 0.00930. The van der Waals surface area contributed by atoms with E-state index in [1.807, 2.05) is 35.2 Å². The van der Waals surface area contributed by atoms with Gasteiger partial charge in [-0.25, -0.2) is 4.79 Å². The van der Waals surface area contributed by atoms with Gasteiger partial charge < -0.3 is 20.3 Å². The third-order valence-corrected chi connectivity index (χ3v) is 6.61. The zero-order valence-electron chi connectivity index (χ0n) is 19.9. The van der Waals surface area contributed by atoms with Crippen LogP contribution in [0.4, 0.5) is 16.2 Å². The van der Waals surface area contributed by atoms with Crippen LogP contribution < -0.4 is 15.4 Å². The molecule has 0 unspecified atom stereocenters. The van der Waals surface area contributed by atoms with Crippen molar-refractivity contribution in [1.29, 1.82) is 0 Å². The highest BCUT2D eigenvalue weighted by molar-refractivity contribution is 14.1. The molecule has 0 bridgehead atoms. The second-order valence-corrected chi connectivity index (χ2v) is 9.37. The molecule has 1 aliphatic heterocycles. The second-order valence-electron chi connectivity index (χ2n) is 8.39. The lowest BCUT2D eigenvalue weighted by Crippen LogP contribution is -2.48. The molecule has 8 nitrogen and oxygen atoms in total. The first kappa shape index (κ1) is 25.6. The molecule has 1 aliphatic rings. The van der Waals surface area contributed by atoms with Gasteiger partial charge in [0.1, 0.15) is 5.75 Å². The second kappa shape index (κ2) is 12.0. The van der Waals surface area contributed by atoms with Crippen LogP contribution in [0.3, 0.4) is 0 Å². The number of nitrogens with one attached hydrogen (secondary N) is 2. The Labute approximate surface area is 223 Å². The van der Waals surface area contributed by atoms with Crippen molar-refractivity contribution >= 4 is 49.7 Å². The monoisotopic (exact) mass is 598 g/mol. The van der Waals surface area contributed by atoms with Crippen LogP contribution in [0.5, 0.6) is 5.75 Å². The summed E-state index contributed by atoms with van der Waals surface area (Å²) >= 11 is 1.79. The molecule has 3 amide bonds. The lowest BCUT2D eigenvalue weighted by Gasteiger charge is -2.35. The number of ether oxygens (including phenoxy) is 1. The van der Waals surface area contributed by atoms with Gasteiger partial charge in [-0.15, -0.1) is 0 Å². The van der Waals surface area contributed by atoms with Gasteiger partial charge in [-0.3, -0.25) is 14.5 Å². The number of amides is 3. The summed E-state index contributed by atoms with van der Waals surface area (Å²) in [7, 11) is 1.62. The first-order chi connectivity index (χ1) is 17.4. The van der Waals surface area contributed by atoms with Crippen molar-refractivity contribution in [2.75, 3.05) is 43.9 Å². The summed E-state index contributed by atoms with van der Waals surface area (Å²) in [5, 5.41) is 5.53. The number of anilines is 2. The van der Waals surface area contributed by atoms with E-state index in [9.17, 15) is 14.4 Å². The molecule has 0 saturated carbocycles. The minimum atomic E-state index is -0.346. The van der Waals surface area contributed by atoms with Crippen molar-refractivity contribution in [1.82, 2.24) is 9.80 Å². The van der Waals surface area contributed by atoms with E-state index in [4.69, 9.17) is 4.74 Å². The summed E-state index contributed by atoms with van der Waals surface area (Å²) in [6.45, 7) is 3.29. The van der Waals surface area contributed by atoms with Gasteiger partial charge in [0, 0.05) is 83.4 Å². The van der Waals surface area contributed by atoms with Gasteiger partial charge in [0.2, 0.25) is 3.79 Å². The standard InChI is InChI=1S/C27H27IN4O4/c1-36-24-12-9-20(25(28)33)17-21(24)18-31-13-15-32(16-14-31)26(34)19-7-10-23(11-8-19)30-27(35)29-22-5-3-2-4-6-22/h2-12,17H,13-16,18H2,1H3,(H2,29,30,35). The number of para-hydroxylation sites is 1. The van der Waals surface area contributed by atoms with Crippen LogP contribution in [-0.2, 0) is 6.54 Å². The van der Waals surface area contributed by atoms with E-state index in [-0.39, 0.29) is 15.7 Å². The zero-order chi connectivity index (χ0) is 25.5. The van der Waals surface area contributed by atoms with Crippen LogP contribution in [0.15, 0.2) is 72.8 Å². The Morgan fingerprint density at radius 2 is 1.44 bits per heavy atom. The quantitative estimate of drug-likeness (QED) is 0.299. The molecule has 0 atom stereocenters. The van der Waals surface area contributed by atoms with E-state index in [2.05, 4.69) is 15.5 Å². The van der Waals surface area contributed by atoms with Crippen molar-refractivity contribution in [3.8, 4) is 5.75 Å². The highest BCUT2D eigenvalue weighted by Crippen LogP contribution is 2.24. The number of carbonyl (C=O) groups excluding carboxylic acids is 3. The number of piperazine rings is 1. The topological polar surface area (TPSA) is 91.0 Å². The fourth-order valence-electron chi connectivity index (χ4n) is 4.07. The Morgan fingerprint density at radius 1 is 0.833 bits per heavy atom. The molecule has 3 aromatic carbocycles. The number of rotatable bonds is 7. The minimum Gasteiger partial charge on any atom is -0.496 e. The molecule has 0 spiro atoms. The van der Waals surface area contributed by atoms with Gasteiger partial charge in [-0.2, -0.15) is 0 Å². The van der Waals surface area contributed by atoms with Gasteiger partial charge in [0.25, 0.3) is 5.91 Å². The third kappa shape index (κ3) is 6.61. The summed E-state index contributed by atoms with van der Waals surface area (Å²) in [5.74, 6) is 0.714. The third-order valence-electron chi connectivity index (χ3n) is 5.98. The van der Waals surface area contributed by atoms with Crippen LogP contribution in [0, 0.1) is 0 Å². The van der Waals surface area contributed by atoms with Gasteiger partial charge in [-0.1, -0.05) is 18.2 Å². The highest BCUT2D eigenvalue weighted by Gasteiger charge is 2.23. The van der Waals surface area contributed by atoms with Gasteiger partial charge in [0.05, 0.1) is 7.11 Å².